The van der Waals surface area contributed by atoms with Crippen LogP contribution in [0.5, 0.6) is 5.75 Å². The molecular weight excluding hydrogens is 339 g/mol. The number of benzene rings is 1. The SMILES string of the molecule is COc1cc(F)ccc1N1CCN(CCS(=O)(=O)CC(=O)O)CC1. The van der Waals surface area contributed by atoms with Crippen LogP contribution in [0.4, 0.5) is 10.1 Å². The molecule has 1 aromatic carbocycles. The predicted molar refractivity (Wildman–Crippen MR) is 87.9 cm³/mol. The van der Waals surface area contributed by atoms with Crippen molar-refractivity contribution in [2.45, 2.75) is 0 Å². The Morgan fingerprint density at radius 3 is 2.54 bits per heavy atom. The molecule has 1 aromatic rings. The molecule has 7 nitrogen and oxygen atoms in total. The van der Waals surface area contributed by atoms with Gasteiger partial charge in [-0.2, -0.15) is 0 Å². The Hall–Kier alpha value is -1.87. The van der Waals surface area contributed by atoms with Crippen LogP contribution in [0.3, 0.4) is 0 Å². The van der Waals surface area contributed by atoms with Crippen LogP contribution in [-0.2, 0) is 14.6 Å². The van der Waals surface area contributed by atoms with E-state index >= 15 is 0 Å². The second-order valence-corrected chi connectivity index (χ2v) is 7.81. The van der Waals surface area contributed by atoms with Gasteiger partial charge in [0.2, 0.25) is 0 Å². The Morgan fingerprint density at radius 1 is 1.29 bits per heavy atom. The van der Waals surface area contributed by atoms with E-state index in [9.17, 15) is 17.6 Å². The molecule has 0 unspecified atom stereocenters. The van der Waals surface area contributed by atoms with Crippen molar-refractivity contribution in [3.8, 4) is 5.75 Å². The standard InChI is InChI=1S/C15H21FN2O5S/c1-23-14-10-12(16)2-3-13(14)18-6-4-17(5-7-18)8-9-24(21,22)11-15(19)20/h2-3,10H,4-9,11H2,1H3,(H,19,20). The molecule has 24 heavy (non-hydrogen) atoms. The lowest BCUT2D eigenvalue weighted by Gasteiger charge is -2.36. The highest BCUT2D eigenvalue weighted by atomic mass is 32.2. The number of ether oxygens (including phenoxy) is 1. The van der Waals surface area contributed by atoms with E-state index in [0.29, 0.717) is 38.5 Å². The topological polar surface area (TPSA) is 87.2 Å². The molecule has 0 atom stereocenters. The number of sulfone groups is 1. The van der Waals surface area contributed by atoms with E-state index in [2.05, 4.69) is 4.90 Å². The maximum absolute atomic E-state index is 13.3. The maximum Gasteiger partial charge on any atom is 0.318 e. The minimum atomic E-state index is -3.58. The third-order valence-electron chi connectivity index (χ3n) is 3.92. The number of anilines is 1. The number of piperazine rings is 1. The van der Waals surface area contributed by atoms with Crippen LogP contribution in [0.15, 0.2) is 18.2 Å². The molecule has 1 fully saturated rings. The van der Waals surface area contributed by atoms with E-state index in [-0.39, 0.29) is 11.6 Å². The van der Waals surface area contributed by atoms with Crippen LogP contribution >= 0.6 is 0 Å². The summed E-state index contributed by atoms with van der Waals surface area (Å²) in [6, 6.07) is 4.38. The Morgan fingerprint density at radius 2 is 1.96 bits per heavy atom. The minimum Gasteiger partial charge on any atom is -0.494 e. The van der Waals surface area contributed by atoms with Gasteiger partial charge in [-0.3, -0.25) is 9.69 Å². The third kappa shape index (κ3) is 5.07. The summed E-state index contributed by atoms with van der Waals surface area (Å²) in [7, 11) is -2.09. The average molecular weight is 360 g/mol. The van der Waals surface area contributed by atoms with Crippen LogP contribution in [-0.4, -0.2) is 75.7 Å². The van der Waals surface area contributed by atoms with Gasteiger partial charge in [0, 0.05) is 38.8 Å². The molecule has 0 bridgehead atoms. The highest BCUT2D eigenvalue weighted by Gasteiger charge is 2.22. The summed E-state index contributed by atoms with van der Waals surface area (Å²) in [5, 5.41) is 8.58. The van der Waals surface area contributed by atoms with Crippen molar-refractivity contribution in [2.24, 2.45) is 0 Å². The van der Waals surface area contributed by atoms with Crippen molar-refractivity contribution in [2.75, 3.05) is 56.2 Å². The first-order valence-electron chi connectivity index (χ1n) is 7.54. The molecule has 9 heteroatoms. The van der Waals surface area contributed by atoms with Crippen LogP contribution in [0.1, 0.15) is 0 Å². The van der Waals surface area contributed by atoms with Crippen molar-refractivity contribution in [1.82, 2.24) is 4.90 Å². The van der Waals surface area contributed by atoms with Gasteiger partial charge in [0.25, 0.3) is 0 Å². The fraction of sp³-hybridized carbons (Fsp3) is 0.533. The molecule has 1 aliphatic rings. The average Bonchev–Trinajstić information content (AvgIpc) is 2.52. The summed E-state index contributed by atoms with van der Waals surface area (Å²) in [6.07, 6.45) is 0. The van der Waals surface area contributed by atoms with E-state index in [1.54, 1.807) is 6.07 Å². The van der Waals surface area contributed by atoms with Gasteiger partial charge in [-0.25, -0.2) is 12.8 Å². The highest BCUT2D eigenvalue weighted by Crippen LogP contribution is 2.29. The zero-order valence-corrected chi connectivity index (χ0v) is 14.3. The third-order valence-corrected chi connectivity index (χ3v) is 5.41. The monoisotopic (exact) mass is 360 g/mol. The molecule has 0 aliphatic carbocycles. The first kappa shape index (κ1) is 18.5. The largest absolute Gasteiger partial charge is 0.494 e. The number of methoxy groups -OCH3 is 1. The molecule has 0 amide bonds. The molecule has 134 valence electrons. The lowest BCUT2D eigenvalue weighted by atomic mass is 10.2. The van der Waals surface area contributed by atoms with E-state index in [1.165, 1.54) is 19.2 Å². The zero-order chi connectivity index (χ0) is 17.7. The van der Waals surface area contributed by atoms with Gasteiger partial charge in [-0.1, -0.05) is 0 Å². The van der Waals surface area contributed by atoms with Gasteiger partial charge in [0.15, 0.2) is 9.84 Å². The number of hydrogen-bond donors (Lipinski definition) is 1. The molecule has 0 saturated carbocycles. The number of carboxylic acid groups (broad SMARTS) is 1. The quantitative estimate of drug-likeness (QED) is 0.756. The fourth-order valence-electron chi connectivity index (χ4n) is 2.65. The molecule has 0 radical (unpaired) electrons. The Kier molecular flexibility index (Phi) is 6.00. The lowest BCUT2D eigenvalue weighted by molar-refractivity contribution is -0.134. The predicted octanol–water partition coefficient (Wildman–Crippen LogP) is 0.456. The van der Waals surface area contributed by atoms with E-state index in [4.69, 9.17) is 9.84 Å². The van der Waals surface area contributed by atoms with Crippen molar-refractivity contribution in [1.29, 1.82) is 0 Å². The first-order chi connectivity index (χ1) is 11.3. The van der Waals surface area contributed by atoms with Crippen molar-refractivity contribution in [3.05, 3.63) is 24.0 Å². The molecular formula is C15H21FN2O5S. The van der Waals surface area contributed by atoms with Gasteiger partial charge in [-0.15, -0.1) is 0 Å². The normalized spacial score (nSPS) is 16.2. The summed E-state index contributed by atoms with van der Waals surface area (Å²) in [5.74, 6) is -2.23. The summed E-state index contributed by atoms with van der Waals surface area (Å²) in [6.45, 7) is 2.90. The maximum atomic E-state index is 13.3. The summed E-state index contributed by atoms with van der Waals surface area (Å²) < 4.78 is 41.7. The number of aliphatic carboxylic acids is 1. The van der Waals surface area contributed by atoms with Gasteiger partial charge < -0.3 is 14.7 Å². The Labute approximate surface area is 140 Å². The second kappa shape index (κ2) is 7.80. The molecule has 1 heterocycles. The van der Waals surface area contributed by atoms with Gasteiger partial charge in [-0.05, 0) is 12.1 Å². The first-order valence-corrected chi connectivity index (χ1v) is 9.36. The number of halogens is 1. The van der Waals surface area contributed by atoms with Gasteiger partial charge >= 0.3 is 5.97 Å². The number of carbonyl (C=O) groups is 1. The van der Waals surface area contributed by atoms with Crippen LogP contribution in [0.25, 0.3) is 0 Å². The van der Waals surface area contributed by atoms with Crippen molar-refractivity contribution < 1.29 is 27.4 Å². The Balaban J connectivity index is 1.89. The number of rotatable bonds is 7. The van der Waals surface area contributed by atoms with Crippen LogP contribution < -0.4 is 9.64 Å². The van der Waals surface area contributed by atoms with E-state index < -0.39 is 21.6 Å². The number of carboxylic acids is 1. The smallest absolute Gasteiger partial charge is 0.318 e. The molecule has 0 spiro atoms. The van der Waals surface area contributed by atoms with E-state index in [1.807, 2.05) is 4.90 Å². The van der Waals surface area contributed by atoms with Gasteiger partial charge in [0.1, 0.15) is 17.3 Å². The van der Waals surface area contributed by atoms with Crippen molar-refractivity contribution >= 4 is 21.5 Å². The van der Waals surface area contributed by atoms with Crippen LogP contribution in [0.2, 0.25) is 0 Å². The number of hydrogen-bond acceptors (Lipinski definition) is 6. The number of nitrogens with zero attached hydrogens (tertiary/aromatic N) is 2. The van der Waals surface area contributed by atoms with Gasteiger partial charge in [0.05, 0.1) is 18.6 Å². The van der Waals surface area contributed by atoms with Crippen LogP contribution in [0, 0.1) is 5.82 Å². The minimum absolute atomic E-state index is 0.167. The molecule has 1 N–H and O–H groups in total. The zero-order valence-electron chi connectivity index (χ0n) is 13.4. The summed E-state index contributed by atoms with van der Waals surface area (Å²) in [4.78, 5) is 14.5. The summed E-state index contributed by atoms with van der Waals surface area (Å²) in [5.41, 5.74) is 0.803. The van der Waals surface area contributed by atoms with E-state index in [0.717, 1.165) is 5.69 Å². The summed E-state index contributed by atoms with van der Waals surface area (Å²) >= 11 is 0. The fourth-order valence-corrected chi connectivity index (χ4v) is 3.71. The Bertz CT molecular complexity index is 687. The van der Waals surface area contributed by atoms with Crippen molar-refractivity contribution in [3.63, 3.8) is 0 Å². The molecule has 1 aliphatic heterocycles. The molecule has 1 saturated heterocycles. The lowest BCUT2D eigenvalue weighted by Crippen LogP contribution is -2.48. The molecule has 0 aromatic heterocycles. The second-order valence-electron chi connectivity index (χ2n) is 5.63. The highest BCUT2D eigenvalue weighted by molar-refractivity contribution is 7.92. The molecule has 2 rings (SSSR count).